The van der Waals surface area contributed by atoms with Crippen molar-refractivity contribution in [2.45, 2.75) is 38.6 Å². The van der Waals surface area contributed by atoms with E-state index in [2.05, 4.69) is 17.2 Å². The van der Waals surface area contributed by atoms with Crippen molar-refractivity contribution in [3.8, 4) is 10.6 Å². The van der Waals surface area contributed by atoms with Crippen LogP contribution >= 0.6 is 22.9 Å². The highest BCUT2D eigenvalue weighted by Crippen LogP contribution is 2.26. The molecule has 0 saturated heterocycles. The summed E-state index contributed by atoms with van der Waals surface area (Å²) in [5.41, 5.74) is 1.04. The number of benzene rings is 1. The first-order chi connectivity index (χ1) is 12.5. The largest absolute Gasteiger partial charge is 0.451 e. The molecule has 138 valence electrons. The van der Waals surface area contributed by atoms with Gasteiger partial charge in [0.1, 0.15) is 5.01 Å². The van der Waals surface area contributed by atoms with Crippen LogP contribution in [0.5, 0.6) is 0 Å². The molecule has 0 unspecified atom stereocenters. The van der Waals surface area contributed by atoms with Gasteiger partial charge >= 0.3 is 5.97 Å². The lowest BCUT2D eigenvalue weighted by Crippen LogP contribution is -2.42. The SMILES string of the molecule is C[C@H]1CCCC[C@@H]1NC(=O)COC(=O)c1csc(-c2cccc(Cl)c2)n1. The van der Waals surface area contributed by atoms with Crippen LogP contribution in [0.25, 0.3) is 10.6 Å². The molecular formula is C19H21ClN2O3S. The highest BCUT2D eigenvalue weighted by Gasteiger charge is 2.23. The van der Waals surface area contributed by atoms with Crippen molar-refractivity contribution in [1.29, 1.82) is 0 Å². The fraction of sp³-hybridized carbons (Fsp3) is 0.421. The van der Waals surface area contributed by atoms with Gasteiger partial charge in [0.05, 0.1) is 0 Å². The van der Waals surface area contributed by atoms with E-state index in [1.165, 1.54) is 17.8 Å². The Labute approximate surface area is 161 Å². The van der Waals surface area contributed by atoms with Crippen molar-refractivity contribution < 1.29 is 14.3 Å². The number of amides is 1. The van der Waals surface area contributed by atoms with E-state index in [9.17, 15) is 9.59 Å². The van der Waals surface area contributed by atoms with Crippen LogP contribution in [0, 0.1) is 5.92 Å². The van der Waals surface area contributed by atoms with Gasteiger partial charge in [-0.15, -0.1) is 11.3 Å². The number of hydrogen-bond donors (Lipinski definition) is 1. The fourth-order valence-corrected chi connectivity index (χ4v) is 4.08. The number of nitrogens with one attached hydrogen (secondary N) is 1. The molecule has 1 fully saturated rings. The monoisotopic (exact) mass is 392 g/mol. The van der Waals surface area contributed by atoms with Crippen LogP contribution in [0.15, 0.2) is 29.6 Å². The van der Waals surface area contributed by atoms with E-state index in [-0.39, 0.29) is 24.2 Å². The van der Waals surface area contributed by atoms with E-state index in [1.807, 2.05) is 12.1 Å². The van der Waals surface area contributed by atoms with Crippen LogP contribution in [0.4, 0.5) is 0 Å². The number of thiazole rings is 1. The Kier molecular flexibility index (Phi) is 6.27. The summed E-state index contributed by atoms with van der Waals surface area (Å²) in [5, 5.41) is 5.88. The predicted molar refractivity (Wildman–Crippen MR) is 102 cm³/mol. The molecular weight excluding hydrogens is 372 g/mol. The van der Waals surface area contributed by atoms with Crippen LogP contribution in [0.2, 0.25) is 5.02 Å². The third kappa shape index (κ3) is 4.83. The van der Waals surface area contributed by atoms with E-state index >= 15 is 0 Å². The first-order valence-corrected chi connectivity index (χ1v) is 9.96. The molecule has 1 saturated carbocycles. The van der Waals surface area contributed by atoms with Crippen molar-refractivity contribution in [2.24, 2.45) is 5.92 Å². The standard InChI is InChI=1S/C19H21ClN2O3S/c1-12-5-2-3-8-15(12)21-17(23)10-25-19(24)16-11-26-18(22-16)13-6-4-7-14(20)9-13/h4,6-7,9,11-12,15H,2-3,5,8,10H2,1H3,(H,21,23)/t12-,15-/m0/s1. The molecule has 0 aliphatic heterocycles. The van der Waals surface area contributed by atoms with Crippen molar-refractivity contribution in [2.75, 3.05) is 6.61 Å². The summed E-state index contributed by atoms with van der Waals surface area (Å²) >= 11 is 7.31. The third-order valence-corrected chi connectivity index (χ3v) is 5.70. The van der Waals surface area contributed by atoms with E-state index in [0.29, 0.717) is 15.9 Å². The molecule has 1 aromatic heterocycles. The molecule has 5 nitrogen and oxygen atoms in total. The Morgan fingerprint density at radius 1 is 1.35 bits per heavy atom. The second-order valence-electron chi connectivity index (χ2n) is 6.56. The first-order valence-electron chi connectivity index (χ1n) is 8.71. The summed E-state index contributed by atoms with van der Waals surface area (Å²) in [6.07, 6.45) is 4.44. The van der Waals surface area contributed by atoms with Gasteiger partial charge in [-0.3, -0.25) is 4.79 Å². The summed E-state index contributed by atoms with van der Waals surface area (Å²) in [6, 6.07) is 7.43. The Hall–Kier alpha value is -1.92. The lowest BCUT2D eigenvalue weighted by Gasteiger charge is -2.29. The number of rotatable bonds is 5. The maximum absolute atomic E-state index is 12.1. The molecule has 1 aliphatic rings. The summed E-state index contributed by atoms with van der Waals surface area (Å²) in [4.78, 5) is 28.4. The molecule has 26 heavy (non-hydrogen) atoms. The van der Waals surface area contributed by atoms with Gasteiger partial charge in [0.15, 0.2) is 12.3 Å². The lowest BCUT2D eigenvalue weighted by molar-refractivity contribution is -0.125. The van der Waals surface area contributed by atoms with Gasteiger partial charge < -0.3 is 10.1 Å². The topological polar surface area (TPSA) is 68.3 Å². The molecule has 7 heteroatoms. The molecule has 1 heterocycles. The van der Waals surface area contributed by atoms with Crippen LogP contribution in [-0.2, 0) is 9.53 Å². The summed E-state index contributed by atoms with van der Waals surface area (Å²) in [6.45, 7) is 1.86. The van der Waals surface area contributed by atoms with Gasteiger partial charge in [0.25, 0.3) is 5.91 Å². The van der Waals surface area contributed by atoms with Gasteiger partial charge in [-0.2, -0.15) is 0 Å². The summed E-state index contributed by atoms with van der Waals surface area (Å²) in [5.74, 6) is -0.397. The van der Waals surface area contributed by atoms with Gasteiger partial charge in [0, 0.05) is 22.0 Å². The molecule has 1 aromatic carbocycles. The van der Waals surface area contributed by atoms with Crippen LogP contribution < -0.4 is 5.32 Å². The smallest absolute Gasteiger partial charge is 0.358 e. The number of aromatic nitrogens is 1. The highest BCUT2D eigenvalue weighted by molar-refractivity contribution is 7.13. The van der Waals surface area contributed by atoms with Gasteiger partial charge in [-0.05, 0) is 30.9 Å². The van der Waals surface area contributed by atoms with Crippen molar-refractivity contribution in [3.63, 3.8) is 0 Å². The fourth-order valence-electron chi connectivity index (χ4n) is 3.11. The Bertz CT molecular complexity index is 793. The Balaban J connectivity index is 1.53. The van der Waals surface area contributed by atoms with E-state index in [4.69, 9.17) is 16.3 Å². The van der Waals surface area contributed by atoms with E-state index in [1.54, 1.807) is 17.5 Å². The molecule has 1 N–H and O–H groups in total. The minimum absolute atomic E-state index is 0.170. The van der Waals surface area contributed by atoms with Crippen molar-refractivity contribution >= 4 is 34.8 Å². The Morgan fingerprint density at radius 3 is 2.92 bits per heavy atom. The average Bonchev–Trinajstić information content (AvgIpc) is 3.12. The maximum Gasteiger partial charge on any atom is 0.358 e. The second kappa shape index (κ2) is 8.64. The molecule has 1 aliphatic carbocycles. The minimum Gasteiger partial charge on any atom is -0.451 e. The zero-order valence-corrected chi connectivity index (χ0v) is 16.1. The normalized spacial score (nSPS) is 19.8. The molecule has 0 bridgehead atoms. The van der Waals surface area contributed by atoms with Gasteiger partial charge in [-0.1, -0.05) is 43.5 Å². The number of ether oxygens (including phenoxy) is 1. The molecule has 0 radical (unpaired) electrons. The highest BCUT2D eigenvalue weighted by atomic mass is 35.5. The van der Waals surface area contributed by atoms with Crippen LogP contribution in [-0.4, -0.2) is 29.5 Å². The quantitative estimate of drug-likeness (QED) is 0.769. The summed E-state index contributed by atoms with van der Waals surface area (Å²) < 4.78 is 5.11. The number of hydrogen-bond acceptors (Lipinski definition) is 5. The van der Waals surface area contributed by atoms with Gasteiger partial charge in [-0.25, -0.2) is 9.78 Å². The zero-order chi connectivity index (χ0) is 18.5. The molecule has 0 spiro atoms. The van der Waals surface area contributed by atoms with E-state index < -0.39 is 5.97 Å². The number of halogens is 1. The molecule has 3 rings (SSSR count). The zero-order valence-electron chi connectivity index (χ0n) is 14.5. The second-order valence-corrected chi connectivity index (χ2v) is 7.85. The van der Waals surface area contributed by atoms with Gasteiger partial charge in [0.2, 0.25) is 0 Å². The first kappa shape index (κ1) is 18.9. The van der Waals surface area contributed by atoms with Crippen LogP contribution in [0.3, 0.4) is 0 Å². The number of esters is 1. The van der Waals surface area contributed by atoms with Crippen molar-refractivity contribution in [1.82, 2.24) is 10.3 Å². The predicted octanol–water partition coefficient (Wildman–Crippen LogP) is 4.32. The minimum atomic E-state index is -0.596. The third-order valence-electron chi connectivity index (χ3n) is 4.58. The summed E-state index contributed by atoms with van der Waals surface area (Å²) in [7, 11) is 0. The van der Waals surface area contributed by atoms with Crippen LogP contribution in [0.1, 0.15) is 43.1 Å². The number of carbonyl (C=O) groups excluding carboxylic acids is 2. The molecule has 1 amide bonds. The maximum atomic E-state index is 12.1. The Morgan fingerprint density at radius 2 is 2.15 bits per heavy atom. The number of nitrogens with zero attached hydrogens (tertiary/aromatic N) is 1. The van der Waals surface area contributed by atoms with Crippen molar-refractivity contribution in [3.05, 3.63) is 40.4 Å². The molecule has 2 atom stereocenters. The number of carbonyl (C=O) groups is 2. The molecule has 2 aromatic rings. The average molecular weight is 393 g/mol. The lowest BCUT2D eigenvalue weighted by atomic mass is 9.86. The van der Waals surface area contributed by atoms with E-state index in [0.717, 1.165) is 24.8 Å².